The predicted octanol–water partition coefficient (Wildman–Crippen LogP) is 5.34. The van der Waals surface area contributed by atoms with E-state index in [0.717, 1.165) is 34.9 Å². The normalized spacial score (nSPS) is 15.6. The molecule has 0 atom stereocenters. The zero-order valence-corrected chi connectivity index (χ0v) is 16.8. The quantitative estimate of drug-likeness (QED) is 0.722. The van der Waals surface area contributed by atoms with Gasteiger partial charge in [-0.25, -0.2) is 9.78 Å². The molecule has 144 valence electrons. The minimum absolute atomic E-state index is 0.238. The van der Waals surface area contributed by atoms with E-state index in [9.17, 15) is 4.79 Å². The van der Waals surface area contributed by atoms with Crippen molar-refractivity contribution in [1.82, 2.24) is 9.88 Å². The maximum absolute atomic E-state index is 12.2. The molecule has 0 radical (unpaired) electrons. The average molecular weight is 388 g/mol. The summed E-state index contributed by atoms with van der Waals surface area (Å²) in [6, 6.07) is 6.26. The maximum Gasteiger partial charge on any atom is 0.410 e. The second-order valence-corrected chi connectivity index (χ2v) is 8.18. The van der Waals surface area contributed by atoms with Gasteiger partial charge in [0, 0.05) is 47.4 Å². The maximum atomic E-state index is 12.2. The number of nitrogens with one attached hydrogen (secondary N) is 1. The molecule has 0 unspecified atom stereocenters. The minimum Gasteiger partial charge on any atom is -0.444 e. The first-order valence-corrected chi connectivity index (χ1v) is 9.60. The van der Waals surface area contributed by atoms with E-state index in [-0.39, 0.29) is 12.1 Å². The predicted molar refractivity (Wildman–Crippen MR) is 111 cm³/mol. The van der Waals surface area contributed by atoms with Gasteiger partial charge in [0.25, 0.3) is 0 Å². The van der Waals surface area contributed by atoms with E-state index in [1.54, 1.807) is 17.2 Å². The van der Waals surface area contributed by atoms with E-state index in [1.165, 1.54) is 0 Å². The van der Waals surface area contributed by atoms with Gasteiger partial charge in [0.05, 0.1) is 0 Å². The Balaban J connectivity index is 1.72. The number of piperidine rings is 1. The lowest BCUT2D eigenvalue weighted by atomic mass is 10.0. The number of carbonyl (C=O) groups is 1. The van der Waals surface area contributed by atoms with Crippen LogP contribution in [0.5, 0.6) is 0 Å². The van der Waals surface area contributed by atoms with E-state index in [0.29, 0.717) is 18.2 Å². The second-order valence-electron chi connectivity index (χ2n) is 7.82. The molecule has 27 heavy (non-hydrogen) atoms. The molecule has 0 saturated carbocycles. The summed E-state index contributed by atoms with van der Waals surface area (Å²) in [5.41, 5.74) is 1.50. The summed E-state index contributed by atoms with van der Waals surface area (Å²) in [6.45, 7) is 10.9. The molecule has 2 aromatic rings. The molecule has 1 saturated heterocycles. The highest BCUT2D eigenvalue weighted by atomic mass is 35.5. The zero-order valence-electron chi connectivity index (χ0n) is 16.1. The van der Waals surface area contributed by atoms with Crippen LogP contribution >= 0.6 is 11.6 Å². The lowest BCUT2D eigenvalue weighted by Crippen LogP contribution is -2.44. The molecule has 1 aromatic carbocycles. The van der Waals surface area contributed by atoms with Gasteiger partial charge in [0.2, 0.25) is 0 Å². The molecule has 5 nitrogen and oxygen atoms in total. The van der Waals surface area contributed by atoms with Crippen LogP contribution in [0.1, 0.15) is 39.2 Å². The Labute approximate surface area is 165 Å². The molecule has 0 spiro atoms. The van der Waals surface area contributed by atoms with Crippen molar-refractivity contribution in [2.24, 2.45) is 0 Å². The number of fused-ring (bicyclic) bond motifs is 1. The topological polar surface area (TPSA) is 54.5 Å². The number of hydrogen-bond acceptors (Lipinski definition) is 4. The number of halogens is 1. The van der Waals surface area contributed by atoms with Gasteiger partial charge < -0.3 is 15.0 Å². The SMILES string of the molecule is C=Cc1cnc(Cl)c2cccc(NC3CCN(C(=O)OC(C)(C)C)CC3)c12. The fraction of sp³-hybridized carbons (Fsp3) is 0.429. The molecule has 1 aliphatic rings. The fourth-order valence-electron chi connectivity index (χ4n) is 3.32. The van der Waals surface area contributed by atoms with Crippen molar-refractivity contribution in [3.8, 4) is 0 Å². The number of benzene rings is 1. The summed E-state index contributed by atoms with van der Waals surface area (Å²) in [6.07, 6.45) is 5.02. The van der Waals surface area contributed by atoms with Crippen molar-refractivity contribution in [2.45, 2.75) is 45.3 Å². The molecule has 6 heteroatoms. The van der Waals surface area contributed by atoms with Gasteiger partial charge in [-0.05, 0) is 39.7 Å². The summed E-state index contributed by atoms with van der Waals surface area (Å²) in [7, 11) is 0. The molecule has 2 heterocycles. The van der Waals surface area contributed by atoms with Gasteiger partial charge in [-0.2, -0.15) is 0 Å². The highest BCUT2D eigenvalue weighted by Crippen LogP contribution is 2.32. The van der Waals surface area contributed by atoms with Crippen LogP contribution in [0.4, 0.5) is 10.5 Å². The first kappa shape index (κ1) is 19.5. The third-order valence-corrected chi connectivity index (χ3v) is 4.92. The van der Waals surface area contributed by atoms with Crippen molar-refractivity contribution in [3.05, 3.63) is 41.7 Å². The van der Waals surface area contributed by atoms with Crippen LogP contribution in [0.25, 0.3) is 16.8 Å². The summed E-state index contributed by atoms with van der Waals surface area (Å²) in [5.74, 6) is 0. The van der Waals surface area contributed by atoms with E-state index in [4.69, 9.17) is 16.3 Å². The van der Waals surface area contributed by atoms with Crippen LogP contribution in [-0.2, 0) is 4.74 Å². The van der Waals surface area contributed by atoms with E-state index < -0.39 is 5.60 Å². The molecule has 1 N–H and O–H groups in total. The Kier molecular flexibility index (Phi) is 5.61. The van der Waals surface area contributed by atoms with Gasteiger partial charge in [-0.1, -0.05) is 36.4 Å². The lowest BCUT2D eigenvalue weighted by molar-refractivity contribution is 0.0210. The van der Waals surface area contributed by atoms with Crippen LogP contribution in [0.3, 0.4) is 0 Å². The van der Waals surface area contributed by atoms with Crippen LogP contribution < -0.4 is 5.32 Å². The molecule has 0 bridgehead atoms. The average Bonchev–Trinajstić information content (AvgIpc) is 2.62. The number of carbonyl (C=O) groups excluding carboxylic acids is 1. The Hall–Kier alpha value is -2.27. The standard InChI is InChI=1S/C21H26ClN3O2/c1-5-14-13-23-19(22)16-7-6-8-17(18(14)16)24-15-9-11-25(12-10-15)20(26)27-21(2,3)4/h5-8,13,15,24H,1,9-12H2,2-4H3. The van der Waals surface area contributed by atoms with Gasteiger partial charge >= 0.3 is 6.09 Å². The van der Waals surface area contributed by atoms with E-state index >= 15 is 0 Å². The van der Waals surface area contributed by atoms with Gasteiger partial charge in [-0.3, -0.25) is 0 Å². The Morgan fingerprint density at radius 2 is 2.07 bits per heavy atom. The number of aromatic nitrogens is 1. The van der Waals surface area contributed by atoms with Crippen molar-refractivity contribution < 1.29 is 9.53 Å². The van der Waals surface area contributed by atoms with Crippen molar-refractivity contribution in [2.75, 3.05) is 18.4 Å². The van der Waals surface area contributed by atoms with Gasteiger partial charge in [0.1, 0.15) is 10.8 Å². The number of ether oxygens (including phenoxy) is 1. The number of rotatable bonds is 3. The molecule has 1 aromatic heterocycles. The smallest absolute Gasteiger partial charge is 0.410 e. The van der Waals surface area contributed by atoms with Crippen molar-refractivity contribution in [3.63, 3.8) is 0 Å². The van der Waals surface area contributed by atoms with Crippen molar-refractivity contribution >= 4 is 40.2 Å². The monoisotopic (exact) mass is 387 g/mol. The second kappa shape index (κ2) is 7.77. The molecule has 1 amide bonds. The van der Waals surface area contributed by atoms with Crippen molar-refractivity contribution in [1.29, 1.82) is 0 Å². The highest BCUT2D eigenvalue weighted by molar-refractivity contribution is 6.35. The number of anilines is 1. The Bertz CT molecular complexity index is 852. The Morgan fingerprint density at radius 1 is 1.37 bits per heavy atom. The first-order chi connectivity index (χ1) is 12.8. The molecule has 0 aliphatic carbocycles. The summed E-state index contributed by atoms with van der Waals surface area (Å²) in [5, 5.41) is 6.04. The van der Waals surface area contributed by atoms with Gasteiger partial charge in [0.15, 0.2) is 0 Å². The number of nitrogens with zero attached hydrogens (tertiary/aromatic N) is 2. The summed E-state index contributed by atoms with van der Waals surface area (Å²) < 4.78 is 5.47. The molecular formula is C21H26ClN3O2. The number of amides is 1. The number of likely N-dealkylation sites (tertiary alicyclic amines) is 1. The highest BCUT2D eigenvalue weighted by Gasteiger charge is 2.27. The third-order valence-electron chi connectivity index (χ3n) is 4.62. The van der Waals surface area contributed by atoms with Crippen LogP contribution in [-0.4, -0.2) is 40.7 Å². The molecule has 3 rings (SSSR count). The van der Waals surface area contributed by atoms with E-state index in [1.807, 2.05) is 39.0 Å². The molecule has 1 fully saturated rings. The first-order valence-electron chi connectivity index (χ1n) is 9.22. The lowest BCUT2D eigenvalue weighted by Gasteiger charge is -2.34. The number of hydrogen-bond donors (Lipinski definition) is 1. The molecule has 1 aliphatic heterocycles. The van der Waals surface area contributed by atoms with E-state index in [2.05, 4.69) is 16.9 Å². The number of pyridine rings is 1. The zero-order chi connectivity index (χ0) is 19.6. The largest absolute Gasteiger partial charge is 0.444 e. The van der Waals surface area contributed by atoms with Crippen LogP contribution in [0.15, 0.2) is 31.0 Å². The fourth-order valence-corrected chi connectivity index (χ4v) is 3.53. The van der Waals surface area contributed by atoms with Crippen LogP contribution in [0, 0.1) is 0 Å². The molecular weight excluding hydrogens is 362 g/mol. The minimum atomic E-state index is -0.469. The van der Waals surface area contributed by atoms with Crippen LogP contribution in [0.2, 0.25) is 5.15 Å². The van der Waals surface area contributed by atoms with Gasteiger partial charge in [-0.15, -0.1) is 0 Å². The summed E-state index contributed by atoms with van der Waals surface area (Å²) >= 11 is 6.28. The third kappa shape index (κ3) is 4.53. The Morgan fingerprint density at radius 3 is 2.70 bits per heavy atom. The summed E-state index contributed by atoms with van der Waals surface area (Å²) in [4.78, 5) is 18.2.